The minimum atomic E-state index is -0.644. The van der Waals surface area contributed by atoms with Crippen LogP contribution in [0, 0.1) is 5.92 Å². The first-order chi connectivity index (χ1) is 20.4. The Morgan fingerprint density at radius 3 is 1.38 bits per heavy atom. The van der Waals surface area contributed by atoms with Crippen molar-refractivity contribution in [1.82, 2.24) is 0 Å². The summed E-state index contributed by atoms with van der Waals surface area (Å²) >= 11 is 9.02. The third-order valence-corrected chi connectivity index (χ3v) is 8.64. The first kappa shape index (κ1) is 41.4. The van der Waals surface area contributed by atoms with Crippen LogP contribution in [0.3, 0.4) is 0 Å². The molecule has 6 heteroatoms. The molecule has 0 aromatic heterocycles. The number of rotatable bonds is 31. The lowest BCUT2D eigenvalue weighted by atomic mass is 10.0. The SMILES string of the molecule is CCCCCC/C=C/C(CC(=O)OC(S)CCCCCCCCCCC)C(=O)OC(S)CCCCCCCCCCC. The van der Waals surface area contributed by atoms with Gasteiger partial charge in [-0.1, -0.05) is 155 Å². The van der Waals surface area contributed by atoms with Crippen molar-refractivity contribution in [2.45, 2.75) is 199 Å². The van der Waals surface area contributed by atoms with E-state index in [1.54, 1.807) is 0 Å². The molecule has 0 aromatic carbocycles. The van der Waals surface area contributed by atoms with Crippen molar-refractivity contribution in [3.05, 3.63) is 12.2 Å². The van der Waals surface area contributed by atoms with Gasteiger partial charge in [-0.15, -0.1) is 25.3 Å². The second-order valence-corrected chi connectivity index (χ2v) is 13.3. The molecule has 4 nitrogen and oxygen atoms in total. The molecule has 0 amide bonds. The molecule has 0 saturated carbocycles. The fourth-order valence-corrected chi connectivity index (χ4v) is 5.74. The van der Waals surface area contributed by atoms with E-state index in [-0.39, 0.29) is 12.4 Å². The van der Waals surface area contributed by atoms with Crippen molar-refractivity contribution >= 4 is 37.2 Å². The Hall–Kier alpha value is -0.620. The monoisotopic (exact) mass is 628 g/mol. The summed E-state index contributed by atoms with van der Waals surface area (Å²) in [6, 6.07) is 0. The fraction of sp³-hybridized carbons (Fsp3) is 0.889. The van der Waals surface area contributed by atoms with Crippen molar-refractivity contribution in [3.8, 4) is 0 Å². The minimum absolute atomic E-state index is 0.0162. The van der Waals surface area contributed by atoms with Gasteiger partial charge in [0, 0.05) is 0 Å². The fourth-order valence-electron chi connectivity index (χ4n) is 5.16. The molecule has 0 fully saturated rings. The molecular weight excluding hydrogens is 561 g/mol. The van der Waals surface area contributed by atoms with Crippen LogP contribution >= 0.6 is 25.3 Å². The average Bonchev–Trinajstić information content (AvgIpc) is 2.96. The molecule has 0 N–H and O–H groups in total. The predicted octanol–water partition coefficient (Wildman–Crippen LogP) is 12.0. The van der Waals surface area contributed by atoms with Gasteiger partial charge in [0.2, 0.25) is 0 Å². The summed E-state index contributed by atoms with van der Waals surface area (Å²) in [6.45, 7) is 6.69. The molecule has 3 unspecified atom stereocenters. The van der Waals surface area contributed by atoms with Gasteiger partial charge >= 0.3 is 11.9 Å². The third-order valence-electron chi connectivity index (χ3n) is 7.91. The smallest absolute Gasteiger partial charge is 0.314 e. The summed E-state index contributed by atoms with van der Waals surface area (Å²) in [6.07, 6.45) is 33.4. The summed E-state index contributed by atoms with van der Waals surface area (Å²) in [5.41, 5.74) is -0.871. The maximum absolute atomic E-state index is 13.0. The van der Waals surface area contributed by atoms with Crippen molar-refractivity contribution < 1.29 is 19.1 Å². The van der Waals surface area contributed by atoms with Crippen LogP contribution in [0.5, 0.6) is 0 Å². The number of carbonyl (C=O) groups excluding carboxylic acids is 2. The molecule has 0 radical (unpaired) electrons. The average molecular weight is 629 g/mol. The summed E-state index contributed by atoms with van der Waals surface area (Å²) in [4.78, 5) is 25.7. The molecule has 248 valence electrons. The lowest BCUT2D eigenvalue weighted by Gasteiger charge is -2.18. The molecule has 0 rings (SSSR count). The van der Waals surface area contributed by atoms with E-state index in [0.717, 1.165) is 51.4 Å². The molecule has 0 heterocycles. The zero-order chi connectivity index (χ0) is 31.1. The maximum Gasteiger partial charge on any atom is 0.314 e. The number of ether oxygens (including phenoxy) is 2. The Morgan fingerprint density at radius 2 is 0.929 bits per heavy atom. The first-order valence-electron chi connectivity index (χ1n) is 17.9. The quantitative estimate of drug-likeness (QED) is 0.0264. The number of hydrogen-bond donors (Lipinski definition) is 2. The van der Waals surface area contributed by atoms with Crippen molar-refractivity contribution in [1.29, 1.82) is 0 Å². The number of carbonyl (C=O) groups is 2. The maximum atomic E-state index is 13.0. The zero-order valence-electron chi connectivity index (χ0n) is 27.8. The Balaban J connectivity index is 4.46. The van der Waals surface area contributed by atoms with E-state index in [2.05, 4.69) is 46.0 Å². The second-order valence-electron chi connectivity index (χ2n) is 12.2. The van der Waals surface area contributed by atoms with Gasteiger partial charge in [0.15, 0.2) is 0 Å². The lowest BCUT2D eigenvalue weighted by molar-refractivity contribution is -0.155. The molecule has 0 bridgehead atoms. The highest BCUT2D eigenvalue weighted by Crippen LogP contribution is 2.20. The molecule has 3 atom stereocenters. The minimum Gasteiger partial charge on any atom is -0.452 e. The van der Waals surface area contributed by atoms with Crippen LogP contribution in [0.25, 0.3) is 0 Å². The van der Waals surface area contributed by atoms with Crippen LogP contribution in [0.15, 0.2) is 12.2 Å². The van der Waals surface area contributed by atoms with Crippen LogP contribution < -0.4 is 0 Å². The van der Waals surface area contributed by atoms with E-state index in [4.69, 9.17) is 9.47 Å². The van der Waals surface area contributed by atoms with Crippen molar-refractivity contribution in [2.75, 3.05) is 0 Å². The Kier molecular flexibility index (Phi) is 31.3. The van der Waals surface area contributed by atoms with E-state index in [1.165, 1.54) is 109 Å². The molecule has 0 saturated heterocycles. The van der Waals surface area contributed by atoms with E-state index < -0.39 is 22.8 Å². The molecule has 0 aromatic rings. The lowest BCUT2D eigenvalue weighted by Crippen LogP contribution is -2.24. The summed E-state index contributed by atoms with van der Waals surface area (Å²) < 4.78 is 11.2. The Labute approximate surface area is 272 Å². The molecule has 0 aliphatic carbocycles. The number of allylic oxidation sites excluding steroid dienone is 1. The predicted molar refractivity (Wildman–Crippen MR) is 187 cm³/mol. The van der Waals surface area contributed by atoms with E-state index in [0.29, 0.717) is 0 Å². The van der Waals surface area contributed by atoms with Gasteiger partial charge in [-0.2, -0.15) is 0 Å². The van der Waals surface area contributed by atoms with Crippen LogP contribution in [0.4, 0.5) is 0 Å². The van der Waals surface area contributed by atoms with Gasteiger partial charge in [-0.3, -0.25) is 9.59 Å². The van der Waals surface area contributed by atoms with E-state index in [1.807, 2.05) is 12.2 Å². The molecule has 0 aliphatic heterocycles. The van der Waals surface area contributed by atoms with Crippen LogP contribution in [0.1, 0.15) is 188 Å². The zero-order valence-corrected chi connectivity index (χ0v) is 29.6. The molecule has 42 heavy (non-hydrogen) atoms. The summed E-state index contributed by atoms with van der Waals surface area (Å²) in [7, 11) is 0. The van der Waals surface area contributed by atoms with Crippen molar-refractivity contribution in [3.63, 3.8) is 0 Å². The van der Waals surface area contributed by atoms with Gasteiger partial charge < -0.3 is 9.47 Å². The normalized spacial score (nSPS) is 13.7. The standard InChI is InChI=1S/C36H68O4S2/c1-4-7-10-13-16-18-20-23-26-29-34(41)39-33(37)31-32(28-25-22-15-12-9-6-3)36(38)40-35(42)30-27-24-21-19-17-14-11-8-5-2/h25,28,32,34-35,41-42H,4-24,26-27,29-31H2,1-3H3/b28-25+. The Morgan fingerprint density at radius 1 is 0.548 bits per heavy atom. The van der Waals surface area contributed by atoms with E-state index >= 15 is 0 Å². The largest absolute Gasteiger partial charge is 0.452 e. The highest BCUT2D eigenvalue weighted by atomic mass is 32.1. The summed E-state index contributed by atoms with van der Waals surface area (Å²) in [5, 5.41) is 0. The summed E-state index contributed by atoms with van der Waals surface area (Å²) in [5.74, 6) is -1.42. The number of esters is 2. The van der Waals surface area contributed by atoms with Crippen LogP contribution in [-0.2, 0) is 19.1 Å². The van der Waals surface area contributed by atoms with E-state index in [9.17, 15) is 9.59 Å². The topological polar surface area (TPSA) is 52.6 Å². The first-order valence-corrected chi connectivity index (χ1v) is 18.9. The third kappa shape index (κ3) is 28.2. The van der Waals surface area contributed by atoms with Gasteiger partial charge in [-0.25, -0.2) is 0 Å². The molecular formula is C36H68O4S2. The second kappa shape index (κ2) is 31.8. The van der Waals surface area contributed by atoms with Gasteiger partial charge in [0.1, 0.15) is 10.9 Å². The Bertz CT molecular complexity index is 640. The number of hydrogen-bond acceptors (Lipinski definition) is 6. The van der Waals surface area contributed by atoms with Crippen LogP contribution in [-0.4, -0.2) is 22.8 Å². The highest BCUT2D eigenvalue weighted by molar-refractivity contribution is 7.80. The van der Waals surface area contributed by atoms with Gasteiger partial charge in [0.25, 0.3) is 0 Å². The molecule has 0 aliphatic rings. The van der Waals surface area contributed by atoms with Crippen LogP contribution in [0.2, 0.25) is 0 Å². The molecule has 0 spiro atoms. The van der Waals surface area contributed by atoms with Crippen molar-refractivity contribution in [2.24, 2.45) is 5.92 Å². The highest BCUT2D eigenvalue weighted by Gasteiger charge is 2.24. The number of thiol groups is 2. The van der Waals surface area contributed by atoms with Gasteiger partial charge in [0.05, 0.1) is 12.3 Å². The van der Waals surface area contributed by atoms with Gasteiger partial charge in [-0.05, 0) is 38.5 Å². The number of unbranched alkanes of at least 4 members (excludes halogenated alkanes) is 20.